The number of para-hydroxylation sites is 1. The van der Waals surface area contributed by atoms with Crippen LogP contribution in [0, 0.1) is 18.6 Å². The van der Waals surface area contributed by atoms with E-state index in [0.717, 1.165) is 5.56 Å². The molecule has 0 spiro atoms. The maximum absolute atomic E-state index is 13.3. The lowest BCUT2D eigenvalue weighted by Gasteiger charge is -2.07. The number of hydrogen-bond donors (Lipinski definition) is 0. The van der Waals surface area contributed by atoms with Gasteiger partial charge in [-0.2, -0.15) is 0 Å². The second-order valence-corrected chi connectivity index (χ2v) is 3.50. The molecule has 0 saturated heterocycles. The van der Waals surface area contributed by atoms with Crippen molar-refractivity contribution in [2.45, 2.75) is 6.92 Å². The average Bonchev–Trinajstić information content (AvgIpc) is 2.20. The number of hydrogen-bond acceptors (Lipinski definition) is 1. The van der Waals surface area contributed by atoms with Crippen LogP contribution in [0.25, 0.3) is 0 Å². The molecule has 82 valence electrons. The van der Waals surface area contributed by atoms with Crippen LogP contribution in [0.3, 0.4) is 0 Å². The Kier molecular flexibility index (Phi) is 2.86. The smallest absolute Gasteiger partial charge is 0.165 e. The summed E-state index contributed by atoms with van der Waals surface area (Å²) in [5, 5.41) is 0. The van der Waals surface area contributed by atoms with Crippen LogP contribution in [0.4, 0.5) is 8.78 Å². The number of halogens is 2. The molecule has 0 bridgehead atoms. The standard InChI is InChI=1S/C13H10F2O/c1-9-6-10(14)8-11(7-9)16-13-5-3-2-4-12(13)15/h2-8H,1H3. The third-order valence-electron chi connectivity index (χ3n) is 2.08. The first-order chi connectivity index (χ1) is 7.65. The van der Waals surface area contributed by atoms with E-state index in [1.54, 1.807) is 25.1 Å². The van der Waals surface area contributed by atoms with Crippen molar-refractivity contribution in [1.82, 2.24) is 0 Å². The average molecular weight is 220 g/mol. The van der Waals surface area contributed by atoms with Gasteiger partial charge in [-0.3, -0.25) is 0 Å². The van der Waals surface area contributed by atoms with Crippen LogP contribution >= 0.6 is 0 Å². The molecule has 1 nitrogen and oxygen atoms in total. The highest BCUT2D eigenvalue weighted by atomic mass is 19.1. The monoisotopic (exact) mass is 220 g/mol. The predicted octanol–water partition coefficient (Wildman–Crippen LogP) is 4.07. The first-order valence-corrected chi connectivity index (χ1v) is 4.85. The van der Waals surface area contributed by atoms with Crippen LogP contribution < -0.4 is 4.74 Å². The number of benzene rings is 2. The largest absolute Gasteiger partial charge is 0.454 e. The zero-order valence-corrected chi connectivity index (χ0v) is 8.71. The molecule has 0 aliphatic rings. The van der Waals surface area contributed by atoms with Gasteiger partial charge in [-0.05, 0) is 36.8 Å². The first-order valence-electron chi connectivity index (χ1n) is 4.85. The molecule has 0 heterocycles. The fourth-order valence-electron chi connectivity index (χ4n) is 1.42. The van der Waals surface area contributed by atoms with E-state index in [9.17, 15) is 8.78 Å². The summed E-state index contributed by atoms with van der Waals surface area (Å²) >= 11 is 0. The molecule has 2 aromatic carbocycles. The molecule has 0 saturated carbocycles. The van der Waals surface area contributed by atoms with Crippen molar-refractivity contribution in [3.8, 4) is 11.5 Å². The van der Waals surface area contributed by atoms with E-state index >= 15 is 0 Å². The minimum absolute atomic E-state index is 0.0903. The first kappa shape index (κ1) is 10.6. The van der Waals surface area contributed by atoms with Gasteiger partial charge in [0.1, 0.15) is 11.6 Å². The van der Waals surface area contributed by atoms with E-state index in [0.29, 0.717) is 5.75 Å². The molecule has 2 rings (SSSR count). The highest BCUT2D eigenvalue weighted by Gasteiger charge is 2.04. The van der Waals surface area contributed by atoms with E-state index in [1.165, 1.54) is 24.3 Å². The Morgan fingerprint density at radius 2 is 1.75 bits per heavy atom. The molecule has 16 heavy (non-hydrogen) atoms. The van der Waals surface area contributed by atoms with Crippen molar-refractivity contribution < 1.29 is 13.5 Å². The summed E-state index contributed by atoms with van der Waals surface area (Å²) in [6.45, 7) is 1.75. The number of rotatable bonds is 2. The topological polar surface area (TPSA) is 9.23 Å². The maximum Gasteiger partial charge on any atom is 0.165 e. The van der Waals surface area contributed by atoms with Crippen LogP contribution in [0.5, 0.6) is 11.5 Å². The lowest BCUT2D eigenvalue weighted by Crippen LogP contribution is -1.89. The minimum Gasteiger partial charge on any atom is -0.454 e. The Labute approximate surface area is 92.3 Å². The minimum atomic E-state index is -0.468. The van der Waals surface area contributed by atoms with Gasteiger partial charge < -0.3 is 4.74 Å². The third kappa shape index (κ3) is 2.37. The van der Waals surface area contributed by atoms with E-state index < -0.39 is 11.6 Å². The molecule has 0 aliphatic carbocycles. The van der Waals surface area contributed by atoms with Crippen LogP contribution in [0.1, 0.15) is 5.56 Å². The van der Waals surface area contributed by atoms with Gasteiger partial charge in [-0.25, -0.2) is 8.78 Å². The lowest BCUT2D eigenvalue weighted by atomic mass is 10.2. The quantitative estimate of drug-likeness (QED) is 0.741. The molecule has 3 heteroatoms. The summed E-state index contributed by atoms with van der Waals surface area (Å²) in [5.74, 6) is -0.481. The molecular weight excluding hydrogens is 210 g/mol. The number of aryl methyl sites for hydroxylation is 1. The van der Waals surface area contributed by atoms with E-state index in [1.807, 2.05) is 0 Å². The molecule has 0 atom stereocenters. The van der Waals surface area contributed by atoms with E-state index in [4.69, 9.17) is 4.74 Å². The second-order valence-electron chi connectivity index (χ2n) is 3.50. The van der Waals surface area contributed by atoms with Gasteiger partial charge in [0.05, 0.1) is 0 Å². The zero-order valence-electron chi connectivity index (χ0n) is 8.71. The molecule has 0 radical (unpaired) electrons. The molecule has 0 aromatic heterocycles. The van der Waals surface area contributed by atoms with Crippen molar-refractivity contribution >= 4 is 0 Å². The second kappa shape index (κ2) is 4.31. The van der Waals surface area contributed by atoms with Crippen LogP contribution in [-0.4, -0.2) is 0 Å². The van der Waals surface area contributed by atoms with Crippen molar-refractivity contribution in [2.24, 2.45) is 0 Å². The van der Waals surface area contributed by atoms with Gasteiger partial charge in [-0.1, -0.05) is 12.1 Å². The lowest BCUT2D eigenvalue weighted by molar-refractivity contribution is 0.438. The summed E-state index contributed by atoms with van der Waals surface area (Å²) in [6.07, 6.45) is 0. The Bertz CT molecular complexity index is 489. The summed E-state index contributed by atoms with van der Waals surface area (Å²) < 4.78 is 31.6. The molecule has 0 amide bonds. The van der Waals surface area contributed by atoms with Crippen molar-refractivity contribution in [3.63, 3.8) is 0 Å². The molecule has 0 fully saturated rings. The maximum atomic E-state index is 13.3. The van der Waals surface area contributed by atoms with Gasteiger partial charge in [0.2, 0.25) is 0 Å². The highest BCUT2D eigenvalue weighted by Crippen LogP contribution is 2.25. The SMILES string of the molecule is Cc1cc(F)cc(Oc2ccccc2F)c1. The fourth-order valence-corrected chi connectivity index (χ4v) is 1.42. The van der Waals surface area contributed by atoms with Gasteiger partial charge in [0.15, 0.2) is 11.6 Å². The van der Waals surface area contributed by atoms with Gasteiger partial charge in [-0.15, -0.1) is 0 Å². The van der Waals surface area contributed by atoms with Gasteiger partial charge >= 0.3 is 0 Å². The van der Waals surface area contributed by atoms with Crippen LogP contribution in [0.2, 0.25) is 0 Å². The van der Waals surface area contributed by atoms with Crippen LogP contribution in [0.15, 0.2) is 42.5 Å². The summed E-state index contributed by atoms with van der Waals surface area (Å²) in [4.78, 5) is 0. The highest BCUT2D eigenvalue weighted by molar-refractivity contribution is 5.34. The van der Waals surface area contributed by atoms with Crippen molar-refractivity contribution in [1.29, 1.82) is 0 Å². The van der Waals surface area contributed by atoms with Gasteiger partial charge in [0.25, 0.3) is 0 Å². The molecule has 0 N–H and O–H groups in total. The molecule has 0 unspecified atom stereocenters. The fraction of sp³-hybridized carbons (Fsp3) is 0.0769. The van der Waals surface area contributed by atoms with Crippen molar-refractivity contribution in [2.75, 3.05) is 0 Å². The Balaban J connectivity index is 2.30. The van der Waals surface area contributed by atoms with Crippen molar-refractivity contribution in [3.05, 3.63) is 59.7 Å². The number of ether oxygens (including phenoxy) is 1. The zero-order chi connectivity index (χ0) is 11.5. The Hall–Kier alpha value is -1.90. The summed E-state index contributed by atoms with van der Waals surface area (Å²) in [6, 6.07) is 10.3. The summed E-state index contributed by atoms with van der Waals surface area (Å²) in [7, 11) is 0. The summed E-state index contributed by atoms with van der Waals surface area (Å²) in [5.41, 5.74) is 0.728. The Morgan fingerprint density at radius 1 is 1.00 bits per heavy atom. The molecule has 0 aliphatic heterocycles. The van der Waals surface area contributed by atoms with Crippen LogP contribution in [-0.2, 0) is 0 Å². The Morgan fingerprint density at radius 3 is 2.44 bits per heavy atom. The third-order valence-corrected chi connectivity index (χ3v) is 2.08. The molecular formula is C13H10F2O. The normalized spacial score (nSPS) is 10.2. The van der Waals surface area contributed by atoms with E-state index in [2.05, 4.69) is 0 Å². The van der Waals surface area contributed by atoms with Gasteiger partial charge in [0, 0.05) is 6.07 Å². The van der Waals surface area contributed by atoms with E-state index in [-0.39, 0.29) is 5.75 Å². The molecule has 2 aromatic rings. The predicted molar refractivity (Wildman–Crippen MR) is 57.6 cm³/mol.